The molecule has 0 spiro atoms. The summed E-state index contributed by atoms with van der Waals surface area (Å²) in [5.41, 5.74) is 3.91. The minimum Gasteiger partial charge on any atom is -0.319 e. The van der Waals surface area contributed by atoms with E-state index in [4.69, 9.17) is 0 Å². The summed E-state index contributed by atoms with van der Waals surface area (Å²) in [4.78, 5) is 4.55. The highest BCUT2D eigenvalue weighted by Crippen LogP contribution is 2.20. The van der Waals surface area contributed by atoms with Gasteiger partial charge >= 0.3 is 0 Å². The number of nitrogens with zero attached hydrogens (tertiary/aromatic N) is 1. The van der Waals surface area contributed by atoms with Gasteiger partial charge in [0.05, 0.1) is 0 Å². The number of nitrogens with one attached hydrogen (secondary N) is 1. The third-order valence-electron chi connectivity index (χ3n) is 3.76. The van der Waals surface area contributed by atoms with Gasteiger partial charge in [-0.25, -0.2) is 0 Å². The van der Waals surface area contributed by atoms with E-state index in [-0.39, 0.29) is 0 Å². The first-order valence-corrected chi connectivity index (χ1v) is 7.46. The zero-order valence-corrected chi connectivity index (χ0v) is 12.5. The first-order valence-electron chi connectivity index (χ1n) is 7.46. The van der Waals surface area contributed by atoms with E-state index in [1.165, 1.54) is 16.8 Å². The molecule has 106 valence electrons. The molecule has 2 aromatic rings. The van der Waals surface area contributed by atoms with Gasteiger partial charge in [0.1, 0.15) is 0 Å². The van der Waals surface area contributed by atoms with Crippen molar-refractivity contribution < 1.29 is 0 Å². The molecule has 0 radical (unpaired) electrons. The average Bonchev–Trinajstić information content (AvgIpc) is 2.53. The number of aromatic nitrogens is 1. The van der Waals surface area contributed by atoms with Crippen LogP contribution in [0.1, 0.15) is 36.1 Å². The Morgan fingerprint density at radius 1 is 1.10 bits per heavy atom. The Labute approximate surface area is 122 Å². The van der Waals surface area contributed by atoms with Crippen LogP contribution in [-0.2, 0) is 12.8 Å². The molecule has 0 bridgehead atoms. The van der Waals surface area contributed by atoms with Gasteiger partial charge in [-0.05, 0) is 49.4 Å². The van der Waals surface area contributed by atoms with Gasteiger partial charge < -0.3 is 5.32 Å². The average molecular weight is 268 g/mol. The van der Waals surface area contributed by atoms with Gasteiger partial charge in [-0.1, -0.05) is 43.3 Å². The Morgan fingerprint density at radius 2 is 1.90 bits per heavy atom. The van der Waals surface area contributed by atoms with Gasteiger partial charge in [0.2, 0.25) is 0 Å². The van der Waals surface area contributed by atoms with E-state index in [1.54, 1.807) is 0 Å². The van der Waals surface area contributed by atoms with Crippen LogP contribution in [0.3, 0.4) is 0 Å². The fourth-order valence-corrected chi connectivity index (χ4v) is 2.49. The fraction of sp³-hybridized carbons (Fsp3) is 0.389. The first kappa shape index (κ1) is 14.7. The third kappa shape index (κ3) is 4.17. The normalized spacial score (nSPS) is 12.3. The second-order valence-corrected chi connectivity index (χ2v) is 5.22. The van der Waals surface area contributed by atoms with Gasteiger partial charge in [0.25, 0.3) is 0 Å². The molecule has 0 fully saturated rings. The highest BCUT2D eigenvalue weighted by atomic mass is 14.8. The summed E-state index contributed by atoms with van der Waals surface area (Å²) in [6, 6.07) is 15.1. The lowest BCUT2D eigenvalue weighted by molar-refractivity contribution is 0.580. The van der Waals surface area contributed by atoms with E-state index in [2.05, 4.69) is 59.7 Å². The van der Waals surface area contributed by atoms with Gasteiger partial charge in [-0.2, -0.15) is 0 Å². The molecule has 20 heavy (non-hydrogen) atoms. The quantitative estimate of drug-likeness (QED) is 0.830. The predicted molar refractivity (Wildman–Crippen MR) is 85.0 cm³/mol. The Hall–Kier alpha value is -1.67. The molecule has 0 amide bonds. The molecule has 2 rings (SSSR count). The number of benzene rings is 1. The van der Waals surface area contributed by atoms with Crippen molar-refractivity contribution in [2.45, 2.75) is 32.1 Å². The van der Waals surface area contributed by atoms with E-state index in [1.807, 2.05) is 13.2 Å². The topological polar surface area (TPSA) is 24.9 Å². The number of rotatable bonds is 7. The molecule has 2 nitrogen and oxygen atoms in total. The molecule has 0 aliphatic rings. The van der Waals surface area contributed by atoms with E-state index in [0.717, 1.165) is 25.8 Å². The molecule has 1 atom stereocenters. The first-order chi connectivity index (χ1) is 9.83. The second kappa shape index (κ2) is 7.81. The summed E-state index contributed by atoms with van der Waals surface area (Å²) < 4.78 is 0. The fourth-order valence-electron chi connectivity index (χ4n) is 2.49. The molecule has 0 aliphatic carbocycles. The monoisotopic (exact) mass is 268 g/mol. The Morgan fingerprint density at radius 3 is 2.50 bits per heavy atom. The lowest BCUT2D eigenvalue weighted by atomic mass is 9.93. The lowest BCUT2D eigenvalue weighted by Gasteiger charge is -2.16. The van der Waals surface area contributed by atoms with Crippen molar-refractivity contribution in [2.24, 2.45) is 0 Å². The maximum Gasteiger partial charge on any atom is 0.0404 e. The Bertz CT molecular complexity index is 491. The minimum absolute atomic E-state index is 0.550. The highest BCUT2D eigenvalue weighted by Gasteiger charge is 2.10. The van der Waals surface area contributed by atoms with Crippen molar-refractivity contribution in [2.75, 3.05) is 13.6 Å². The molecular weight excluding hydrogens is 244 g/mol. The Balaban J connectivity index is 1.98. The van der Waals surface area contributed by atoms with Crippen LogP contribution in [0, 0.1) is 0 Å². The SMILES string of the molecule is CCc1ccc(CCC(CNC)c2ccccc2)nc1. The number of hydrogen-bond acceptors (Lipinski definition) is 2. The van der Waals surface area contributed by atoms with Gasteiger partial charge in [0, 0.05) is 18.4 Å². The third-order valence-corrected chi connectivity index (χ3v) is 3.76. The summed E-state index contributed by atoms with van der Waals surface area (Å²) in [5, 5.41) is 3.30. The summed E-state index contributed by atoms with van der Waals surface area (Å²) in [7, 11) is 2.02. The standard InChI is InChI=1S/C18H24N2/c1-3-15-9-11-18(20-13-15)12-10-17(14-19-2)16-7-5-4-6-8-16/h4-9,11,13,17,19H,3,10,12,14H2,1-2H3. The highest BCUT2D eigenvalue weighted by molar-refractivity contribution is 5.21. The molecule has 1 aromatic heterocycles. The van der Waals surface area contributed by atoms with Gasteiger partial charge in [-0.3, -0.25) is 4.98 Å². The van der Waals surface area contributed by atoms with E-state index < -0.39 is 0 Å². The van der Waals surface area contributed by atoms with Crippen LogP contribution in [-0.4, -0.2) is 18.6 Å². The smallest absolute Gasteiger partial charge is 0.0404 e. The summed E-state index contributed by atoms with van der Waals surface area (Å²) in [6.45, 7) is 3.17. The van der Waals surface area contributed by atoms with E-state index in [0.29, 0.717) is 5.92 Å². The molecule has 1 heterocycles. The molecule has 1 aromatic carbocycles. The van der Waals surface area contributed by atoms with Crippen molar-refractivity contribution in [1.82, 2.24) is 10.3 Å². The summed E-state index contributed by atoms with van der Waals surface area (Å²) >= 11 is 0. The van der Waals surface area contributed by atoms with Crippen LogP contribution in [0.2, 0.25) is 0 Å². The van der Waals surface area contributed by atoms with Crippen LogP contribution in [0.25, 0.3) is 0 Å². The molecule has 0 saturated heterocycles. The van der Waals surface area contributed by atoms with Crippen LogP contribution < -0.4 is 5.32 Å². The molecule has 0 saturated carbocycles. The molecule has 2 heteroatoms. The largest absolute Gasteiger partial charge is 0.319 e. The summed E-state index contributed by atoms with van der Waals surface area (Å²) in [6.07, 6.45) is 5.22. The van der Waals surface area contributed by atoms with Crippen LogP contribution in [0.5, 0.6) is 0 Å². The maximum atomic E-state index is 4.55. The zero-order chi connectivity index (χ0) is 14.2. The van der Waals surface area contributed by atoms with Crippen molar-refractivity contribution in [3.8, 4) is 0 Å². The van der Waals surface area contributed by atoms with E-state index in [9.17, 15) is 0 Å². The van der Waals surface area contributed by atoms with Crippen molar-refractivity contribution in [3.05, 3.63) is 65.5 Å². The zero-order valence-electron chi connectivity index (χ0n) is 12.5. The number of likely N-dealkylation sites (N-methyl/N-ethyl adjacent to an activating group) is 1. The maximum absolute atomic E-state index is 4.55. The number of pyridine rings is 1. The lowest BCUT2D eigenvalue weighted by Crippen LogP contribution is -2.18. The van der Waals surface area contributed by atoms with Gasteiger partial charge in [-0.15, -0.1) is 0 Å². The Kier molecular flexibility index (Phi) is 5.75. The second-order valence-electron chi connectivity index (χ2n) is 5.22. The molecule has 1 N–H and O–H groups in total. The number of aryl methyl sites for hydroxylation is 2. The van der Waals surface area contributed by atoms with Crippen molar-refractivity contribution in [3.63, 3.8) is 0 Å². The van der Waals surface area contributed by atoms with Crippen LogP contribution in [0.15, 0.2) is 48.7 Å². The minimum atomic E-state index is 0.550. The van der Waals surface area contributed by atoms with Crippen LogP contribution >= 0.6 is 0 Å². The van der Waals surface area contributed by atoms with Gasteiger partial charge in [0.15, 0.2) is 0 Å². The summed E-state index contributed by atoms with van der Waals surface area (Å²) in [5.74, 6) is 0.550. The number of hydrogen-bond donors (Lipinski definition) is 1. The van der Waals surface area contributed by atoms with Crippen LogP contribution in [0.4, 0.5) is 0 Å². The predicted octanol–water partition coefficient (Wildman–Crippen LogP) is 3.58. The van der Waals surface area contributed by atoms with Crippen molar-refractivity contribution >= 4 is 0 Å². The van der Waals surface area contributed by atoms with E-state index >= 15 is 0 Å². The molecule has 0 aliphatic heterocycles. The van der Waals surface area contributed by atoms with Crippen molar-refractivity contribution in [1.29, 1.82) is 0 Å². The molecule has 1 unspecified atom stereocenters. The molecular formula is C18H24N2.